The van der Waals surface area contributed by atoms with Gasteiger partial charge >= 0.3 is 0 Å². The molecule has 1 aromatic rings. The van der Waals surface area contributed by atoms with Crippen LogP contribution in [0.2, 0.25) is 0 Å². The molecule has 0 fully saturated rings. The molecule has 1 heterocycles. The van der Waals surface area contributed by atoms with Crippen LogP contribution in [0.15, 0.2) is 6.20 Å². The molecule has 0 radical (unpaired) electrons. The first-order valence-corrected chi connectivity index (χ1v) is 4.22. The number of nitrogens with one attached hydrogen (secondary N) is 2. The molecule has 1 amide bonds. The van der Waals surface area contributed by atoms with Gasteiger partial charge in [0.05, 0.1) is 11.9 Å². The summed E-state index contributed by atoms with van der Waals surface area (Å²) < 4.78 is 0. The third-order valence-corrected chi connectivity index (χ3v) is 1.61. The molecule has 1 rings (SSSR count). The Kier molecular flexibility index (Phi) is 3.56. The van der Waals surface area contributed by atoms with E-state index in [4.69, 9.17) is 5.73 Å². The third kappa shape index (κ3) is 2.52. The monoisotopic (exact) mass is 192 g/mol. The average molecular weight is 192 g/mol. The molecule has 74 valence electrons. The SMILES string of the molecule is CC#CCCNC(=O)c1[nH]ncc1N. The van der Waals surface area contributed by atoms with E-state index in [1.165, 1.54) is 6.20 Å². The minimum Gasteiger partial charge on any atom is -0.396 e. The molecule has 0 atom stereocenters. The van der Waals surface area contributed by atoms with Crippen molar-refractivity contribution in [3.05, 3.63) is 11.9 Å². The lowest BCUT2D eigenvalue weighted by Crippen LogP contribution is -2.25. The maximum absolute atomic E-state index is 11.4. The molecule has 4 N–H and O–H groups in total. The molecule has 0 aliphatic heterocycles. The molecule has 5 nitrogen and oxygen atoms in total. The quantitative estimate of drug-likeness (QED) is 0.470. The zero-order valence-electron chi connectivity index (χ0n) is 7.92. The van der Waals surface area contributed by atoms with Crippen molar-refractivity contribution in [2.45, 2.75) is 13.3 Å². The summed E-state index contributed by atoms with van der Waals surface area (Å²) in [5.41, 5.74) is 6.14. The van der Waals surface area contributed by atoms with Crippen molar-refractivity contribution in [1.29, 1.82) is 0 Å². The van der Waals surface area contributed by atoms with E-state index >= 15 is 0 Å². The van der Waals surface area contributed by atoms with E-state index in [-0.39, 0.29) is 5.91 Å². The van der Waals surface area contributed by atoms with Crippen LogP contribution in [0.1, 0.15) is 23.8 Å². The first-order chi connectivity index (χ1) is 6.75. The highest BCUT2D eigenvalue weighted by molar-refractivity contribution is 5.96. The van der Waals surface area contributed by atoms with Crippen LogP contribution in [0.3, 0.4) is 0 Å². The first kappa shape index (κ1) is 10.1. The van der Waals surface area contributed by atoms with Gasteiger partial charge in [0.2, 0.25) is 0 Å². The normalized spacial score (nSPS) is 8.93. The second kappa shape index (κ2) is 4.92. The van der Waals surface area contributed by atoms with E-state index in [0.29, 0.717) is 24.3 Å². The lowest BCUT2D eigenvalue weighted by molar-refractivity contribution is 0.0950. The predicted octanol–water partition coefficient (Wildman–Crippen LogP) is 0.135. The van der Waals surface area contributed by atoms with E-state index < -0.39 is 0 Å². The van der Waals surface area contributed by atoms with E-state index in [1.54, 1.807) is 6.92 Å². The summed E-state index contributed by atoms with van der Waals surface area (Å²) in [6, 6.07) is 0. The van der Waals surface area contributed by atoms with Crippen LogP contribution < -0.4 is 11.1 Å². The van der Waals surface area contributed by atoms with Crippen molar-refractivity contribution >= 4 is 11.6 Å². The van der Waals surface area contributed by atoms with E-state index in [9.17, 15) is 4.79 Å². The van der Waals surface area contributed by atoms with Gasteiger partial charge in [0, 0.05) is 13.0 Å². The number of nitrogens with two attached hydrogens (primary N) is 1. The number of carbonyl (C=O) groups excluding carboxylic acids is 1. The Labute approximate surface area is 82.1 Å². The summed E-state index contributed by atoms with van der Waals surface area (Å²) in [4.78, 5) is 11.4. The van der Waals surface area contributed by atoms with Gasteiger partial charge in [-0.25, -0.2) is 0 Å². The van der Waals surface area contributed by atoms with Gasteiger partial charge in [-0.2, -0.15) is 5.10 Å². The van der Waals surface area contributed by atoms with Gasteiger partial charge < -0.3 is 11.1 Å². The van der Waals surface area contributed by atoms with E-state index in [0.717, 1.165) is 0 Å². The molecule has 0 bridgehead atoms. The standard InChI is InChI=1S/C9H12N4O/c1-2-3-4-5-11-9(14)8-7(10)6-12-13-8/h6H,4-5,10H2,1H3,(H,11,14)(H,12,13). The lowest BCUT2D eigenvalue weighted by atomic mass is 10.3. The van der Waals surface area contributed by atoms with Gasteiger partial charge in [-0.3, -0.25) is 9.89 Å². The first-order valence-electron chi connectivity index (χ1n) is 4.22. The molecule has 0 saturated heterocycles. The molecular formula is C9H12N4O. The Bertz CT molecular complexity index is 372. The summed E-state index contributed by atoms with van der Waals surface area (Å²) >= 11 is 0. The van der Waals surface area contributed by atoms with Crippen LogP contribution >= 0.6 is 0 Å². The second-order valence-electron chi connectivity index (χ2n) is 2.63. The predicted molar refractivity (Wildman–Crippen MR) is 53.4 cm³/mol. The Morgan fingerprint density at radius 3 is 3.14 bits per heavy atom. The second-order valence-corrected chi connectivity index (χ2v) is 2.63. The molecular weight excluding hydrogens is 180 g/mol. The average Bonchev–Trinajstić information content (AvgIpc) is 2.59. The maximum atomic E-state index is 11.4. The van der Waals surface area contributed by atoms with Crippen molar-refractivity contribution in [2.24, 2.45) is 0 Å². The smallest absolute Gasteiger partial charge is 0.271 e. The summed E-state index contributed by atoms with van der Waals surface area (Å²) in [6.45, 7) is 2.27. The zero-order valence-corrected chi connectivity index (χ0v) is 7.92. The van der Waals surface area contributed by atoms with Gasteiger partial charge in [-0.1, -0.05) is 0 Å². The van der Waals surface area contributed by atoms with Gasteiger partial charge in [-0.05, 0) is 6.92 Å². The van der Waals surface area contributed by atoms with Crippen LogP contribution in [-0.2, 0) is 0 Å². The molecule has 0 aromatic carbocycles. The number of carbonyl (C=O) groups is 1. The molecule has 0 aliphatic rings. The number of hydrogen-bond donors (Lipinski definition) is 3. The van der Waals surface area contributed by atoms with Crippen molar-refractivity contribution in [3.63, 3.8) is 0 Å². The third-order valence-electron chi connectivity index (χ3n) is 1.61. The molecule has 0 spiro atoms. The van der Waals surface area contributed by atoms with Crippen molar-refractivity contribution in [2.75, 3.05) is 12.3 Å². The lowest BCUT2D eigenvalue weighted by Gasteiger charge is -2.00. The maximum Gasteiger partial charge on any atom is 0.271 e. The molecule has 14 heavy (non-hydrogen) atoms. The highest BCUT2D eigenvalue weighted by atomic mass is 16.1. The molecule has 5 heteroatoms. The summed E-state index contributed by atoms with van der Waals surface area (Å²) in [6.07, 6.45) is 2.04. The van der Waals surface area contributed by atoms with Gasteiger partial charge in [0.1, 0.15) is 5.69 Å². The van der Waals surface area contributed by atoms with Crippen molar-refractivity contribution in [3.8, 4) is 11.8 Å². The number of aromatic nitrogens is 2. The largest absolute Gasteiger partial charge is 0.396 e. The number of aromatic amines is 1. The highest BCUT2D eigenvalue weighted by Crippen LogP contribution is 2.04. The van der Waals surface area contributed by atoms with Crippen LogP contribution in [-0.4, -0.2) is 22.6 Å². The number of hydrogen-bond acceptors (Lipinski definition) is 3. The van der Waals surface area contributed by atoms with Crippen LogP contribution in [0, 0.1) is 11.8 Å². The number of anilines is 1. The fourth-order valence-corrected chi connectivity index (χ4v) is 0.929. The fourth-order valence-electron chi connectivity index (χ4n) is 0.929. The topological polar surface area (TPSA) is 83.8 Å². The van der Waals surface area contributed by atoms with Gasteiger partial charge in [-0.15, -0.1) is 11.8 Å². The van der Waals surface area contributed by atoms with Gasteiger partial charge in [0.15, 0.2) is 0 Å². The van der Waals surface area contributed by atoms with Crippen LogP contribution in [0.5, 0.6) is 0 Å². The van der Waals surface area contributed by atoms with Gasteiger partial charge in [0.25, 0.3) is 5.91 Å². The minimum absolute atomic E-state index is 0.252. The number of H-pyrrole nitrogens is 1. The van der Waals surface area contributed by atoms with E-state index in [2.05, 4.69) is 27.4 Å². The van der Waals surface area contributed by atoms with Crippen molar-refractivity contribution in [1.82, 2.24) is 15.5 Å². The zero-order chi connectivity index (χ0) is 10.4. The van der Waals surface area contributed by atoms with E-state index in [1.807, 2.05) is 0 Å². The molecule has 0 saturated carbocycles. The number of amides is 1. The summed E-state index contributed by atoms with van der Waals surface area (Å²) in [5, 5.41) is 8.84. The van der Waals surface area contributed by atoms with Crippen LogP contribution in [0.4, 0.5) is 5.69 Å². The Hall–Kier alpha value is -1.96. The summed E-state index contributed by atoms with van der Waals surface area (Å²) in [5.74, 6) is 5.33. The molecule has 0 unspecified atom stereocenters. The fraction of sp³-hybridized carbons (Fsp3) is 0.333. The molecule has 1 aromatic heterocycles. The number of rotatable bonds is 3. The Morgan fingerprint density at radius 1 is 1.79 bits per heavy atom. The highest BCUT2D eigenvalue weighted by Gasteiger charge is 2.09. The Balaban J connectivity index is 2.42. The minimum atomic E-state index is -0.252. The van der Waals surface area contributed by atoms with Crippen molar-refractivity contribution < 1.29 is 4.79 Å². The van der Waals surface area contributed by atoms with Crippen LogP contribution in [0.25, 0.3) is 0 Å². The molecule has 0 aliphatic carbocycles. The number of nitrogens with zero attached hydrogens (tertiary/aromatic N) is 1. The Morgan fingerprint density at radius 2 is 2.57 bits per heavy atom. The number of nitrogen functional groups attached to an aromatic ring is 1. The summed E-state index contributed by atoms with van der Waals surface area (Å²) in [7, 11) is 0.